The molecular formula is C13H13Cl2NS. The zero-order valence-electron chi connectivity index (χ0n) is 9.63. The molecule has 0 aliphatic carbocycles. The van der Waals surface area contributed by atoms with Gasteiger partial charge in [0, 0.05) is 6.04 Å². The van der Waals surface area contributed by atoms with Crippen molar-refractivity contribution in [1.82, 2.24) is 0 Å². The van der Waals surface area contributed by atoms with Crippen molar-refractivity contribution < 1.29 is 0 Å². The van der Waals surface area contributed by atoms with Crippen molar-refractivity contribution >= 4 is 40.2 Å². The predicted octanol–water partition coefficient (Wildman–Crippen LogP) is 5.54. The molecule has 0 aliphatic rings. The Labute approximate surface area is 115 Å². The number of halogens is 2. The molecule has 90 valence electrons. The van der Waals surface area contributed by atoms with Gasteiger partial charge in [-0.05, 0) is 42.5 Å². The van der Waals surface area contributed by atoms with Crippen LogP contribution < -0.4 is 5.32 Å². The lowest BCUT2D eigenvalue weighted by molar-refractivity contribution is 0.890. The van der Waals surface area contributed by atoms with Crippen LogP contribution in [0.3, 0.4) is 0 Å². The number of thiophene rings is 1. The maximum Gasteiger partial charge on any atom is 0.0931 e. The van der Waals surface area contributed by atoms with Crippen molar-refractivity contribution in [3.63, 3.8) is 0 Å². The van der Waals surface area contributed by atoms with Crippen LogP contribution in [0.2, 0.25) is 9.36 Å². The molecule has 4 heteroatoms. The lowest BCUT2D eigenvalue weighted by Crippen LogP contribution is -2.06. The van der Waals surface area contributed by atoms with Gasteiger partial charge < -0.3 is 5.32 Å². The van der Waals surface area contributed by atoms with E-state index in [1.54, 1.807) is 11.3 Å². The van der Waals surface area contributed by atoms with E-state index in [-0.39, 0.29) is 6.04 Å². The van der Waals surface area contributed by atoms with Crippen LogP contribution in [0.25, 0.3) is 0 Å². The van der Waals surface area contributed by atoms with Crippen molar-refractivity contribution in [3.8, 4) is 0 Å². The molecule has 17 heavy (non-hydrogen) atoms. The van der Waals surface area contributed by atoms with Gasteiger partial charge in [0.15, 0.2) is 0 Å². The van der Waals surface area contributed by atoms with E-state index in [0.29, 0.717) is 0 Å². The third kappa shape index (κ3) is 2.95. The van der Waals surface area contributed by atoms with Crippen molar-refractivity contribution in [2.24, 2.45) is 0 Å². The van der Waals surface area contributed by atoms with Gasteiger partial charge in [-0.25, -0.2) is 0 Å². The fourth-order valence-corrected chi connectivity index (χ4v) is 2.79. The molecule has 1 aromatic heterocycles. The topological polar surface area (TPSA) is 12.0 Å². The molecule has 1 nitrogen and oxygen atoms in total. The Hall–Kier alpha value is -0.700. The fourth-order valence-electron chi connectivity index (χ4n) is 1.63. The van der Waals surface area contributed by atoms with Crippen LogP contribution in [0.15, 0.2) is 29.6 Å². The van der Waals surface area contributed by atoms with Crippen LogP contribution >= 0.6 is 34.5 Å². The third-order valence-corrected chi connectivity index (χ3v) is 4.26. The summed E-state index contributed by atoms with van der Waals surface area (Å²) in [6, 6.07) is 8.15. The second-order valence-corrected chi connectivity index (χ2v) is 5.91. The van der Waals surface area contributed by atoms with Crippen LogP contribution in [0.4, 0.5) is 5.69 Å². The van der Waals surface area contributed by atoms with Crippen LogP contribution in [-0.4, -0.2) is 0 Å². The van der Waals surface area contributed by atoms with Crippen LogP contribution in [0.5, 0.6) is 0 Å². The quantitative estimate of drug-likeness (QED) is 0.781. The predicted molar refractivity (Wildman–Crippen MR) is 77.6 cm³/mol. The number of nitrogens with one attached hydrogen (secondary N) is 1. The van der Waals surface area contributed by atoms with E-state index < -0.39 is 0 Å². The number of anilines is 1. The lowest BCUT2D eigenvalue weighted by Gasteiger charge is -2.16. The van der Waals surface area contributed by atoms with E-state index in [2.05, 4.69) is 17.6 Å². The monoisotopic (exact) mass is 285 g/mol. The highest BCUT2D eigenvalue weighted by molar-refractivity contribution is 7.14. The molecule has 0 amide bonds. The summed E-state index contributed by atoms with van der Waals surface area (Å²) >= 11 is 13.7. The van der Waals surface area contributed by atoms with Crippen LogP contribution in [0.1, 0.15) is 24.1 Å². The van der Waals surface area contributed by atoms with Gasteiger partial charge in [-0.15, -0.1) is 11.3 Å². The first-order valence-corrected chi connectivity index (χ1v) is 6.97. The van der Waals surface area contributed by atoms with Crippen LogP contribution in [-0.2, 0) is 0 Å². The minimum atomic E-state index is 0.193. The van der Waals surface area contributed by atoms with Crippen molar-refractivity contribution in [2.45, 2.75) is 19.9 Å². The zero-order valence-corrected chi connectivity index (χ0v) is 12.0. The SMILES string of the molecule is Cc1cccc(NC(C)c2csc(Cl)c2)c1Cl. The highest BCUT2D eigenvalue weighted by Crippen LogP contribution is 2.31. The number of hydrogen-bond donors (Lipinski definition) is 1. The first-order chi connectivity index (χ1) is 8.08. The number of benzene rings is 1. The first-order valence-electron chi connectivity index (χ1n) is 5.33. The Kier molecular flexibility index (Phi) is 3.97. The summed E-state index contributed by atoms with van der Waals surface area (Å²) < 4.78 is 0.809. The van der Waals surface area contributed by atoms with Crippen molar-refractivity contribution in [2.75, 3.05) is 5.32 Å². The standard InChI is InChI=1S/C13H13Cl2NS/c1-8-4-3-5-11(13(8)15)16-9(2)10-6-12(14)17-7-10/h3-7,9,16H,1-2H3. The van der Waals surface area contributed by atoms with Gasteiger partial charge in [-0.2, -0.15) is 0 Å². The molecule has 1 N–H and O–H groups in total. The Morgan fingerprint density at radius 2 is 2.06 bits per heavy atom. The van der Waals surface area contributed by atoms with E-state index in [0.717, 1.165) is 20.6 Å². The van der Waals surface area contributed by atoms with Gasteiger partial charge in [-0.3, -0.25) is 0 Å². The average molecular weight is 286 g/mol. The van der Waals surface area contributed by atoms with E-state index in [1.807, 2.05) is 31.2 Å². The Bertz CT molecular complexity index is 522. The molecule has 1 unspecified atom stereocenters. The molecule has 0 saturated heterocycles. The van der Waals surface area contributed by atoms with Crippen molar-refractivity contribution in [3.05, 3.63) is 50.1 Å². The molecule has 1 aromatic carbocycles. The van der Waals surface area contributed by atoms with Gasteiger partial charge in [0.25, 0.3) is 0 Å². The molecule has 0 saturated carbocycles. The van der Waals surface area contributed by atoms with E-state index in [4.69, 9.17) is 23.2 Å². The zero-order chi connectivity index (χ0) is 12.4. The van der Waals surface area contributed by atoms with Gasteiger partial charge >= 0.3 is 0 Å². The highest BCUT2D eigenvalue weighted by atomic mass is 35.5. The van der Waals surface area contributed by atoms with Gasteiger partial charge in [-0.1, -0.05) is 35.3 Å². The van der Waals surface area contributed by atoms with Gasteiger partial charge in [0.2, 0.25) is 0 Å². The number of aryl methyl sites for hydroxylation is 1. The molecule has 2 rings (SSSR count). The maximum atomic E-state index is 6.24. The molecule has 0 radical (unpaired) electrons. The second kappa shape index (κ2) is 5.30. The van der Waals surface area contributed by atoms with E-state index in [9.17, 15) is 0 Å². The molecule has 1 atom stereocenters. The largest absolute Gasteiger partial charge is 0.377 e. The number of rotatable bonds is 3. The summed E-state index contributed by atoms with van der Waals surface area (Å²) in [5, 5.41) is 6.23. The minimum Gasteiger partial charge on any atom is -0.377 e. The Morgan fingerprint density at radius 3 is 2.71 bits per heavy atom. The Balaban J connectivity index is 2.18. The first kappa shape index (κ1) is 12.7. The summed E-state index contributed by atoms with van der Waals surface area (Å²) in [5.41, 5.74) is 3.21. The number of hydrogen-bond acceptors (Lipinski definition) is 2. The lowest BCUT2D eigenvalue weighted by atomic mass is 10.1. The Morgan fingerprint density at radius 1 is 1.29 bits per heavy atom. The fraction of sp³-hybridized carbons (Fsp3) is 0.231. The summed E-state index contributed by atoms with van der Waals surface area (Å²) in [4.78, 5) is 0. The highest BCUT2D eigenvalue weighted by Gasteiger charge is 2.10. The van der Waals surface area contributed by atoms with Gasteiger partial charge in [0.1, 0.15) is 0 Å². The second-order valence-electron chi connectivity index (χ2n) is 3.99. The molecule has 0 aliphatic heterocycles. The normalized spacial score (nSPS) is 12.5. The summed E-state index contributed by atoms with van der Waals surface area (Å²) in [7, 11) is 0. The van der Waals surface area contributed by atoms with E-state index in [1.165, 1.54) is 5.56 Å². The van der Waals surface area contributed by atoms with Gasteiger partial charge in [0.05, 0.1) is 15.0 Å². The summed E-state index contributed by atoms with van der Waals surface area (Å²) in [5.74, 6) is 0. The molecule has 0 bridgehead atoms. The summed E-state index contributed by atoms with van der Waals surface area (Å²) in [6.07, 6.45) is 0. The third-order valence-electron chi connectivity index (χ3n) is 2.65. The van der Waals surface area contributed by atoms with Crippen LogP contribution in [0, 0.1) is 6.92 Å². The van der Waals surface area contributed by atoms with E-state index >= 15 is 0 Å². The summed E-state index contributed by atoms with van der Waals surface area (Å²) in [6.45, 7) is 4.09. The molecule has 0 spiro atoms. The smallest absolute Gasteiger partial charge is 0.0931 e. The average Bonchev–Trinajstić information content (AvgIpc) is 2.72. The maximum absolute atomic E-state index is 6.24. The minimum absolute atomic E-state index is 0.193. The molecule has 1 heterocycles. The molecule has 0 fully saturated rings. The molecule has 2 aromatic rings. The van der Waals surface area contributed by atoms with Crippen molar-refractivity contribution in [1.29, 1.82) is 0 Å². The molecular weight excluding hydrogens is 273 g/mol.